The third-order valence-corrected chi connectivity index (χ3v) is 2.65. The van der Waals surface area contributed by atoms with Gasteiger partial charge < -0.3 is 10.1 Å². The van der Waals surface area contributed by atoms with Gasteiger partial charge in [0.05, 0.1) is 7.11 Å². The molecule has 0 unspecified atom stereocenters. The van der Waals surface area contributed by atoms with Crippen LogP contribution in [0.3, 0.4) is 0 Å². The Hall–Kier alpha value is -2.22. The van der Waals surface area contributed by atoms with Crippen molar-refractivity contribution in [3.63, 3.8) is 0 Å². The molecular weight excluding hydrogens is 222 g/mol. The Morgan fingerprint density at radius 2 is 1.72 bits per heavy atom. The minimum atomic E-state index is 0.869. The number of hydrogen-bond acceptors (Lipinski definition) is 2. The van der Waals surface area contributed by atoms with Crippen molar-refractivity contribution in [2.45, 2.75) is 6.42 Å². The first-order valence-corrected chi connectivity index (χ1v) is 5.98. The summed E-state index contributed by atoms with van der Waals surface area (Å²) < 4.78 is 5.11. The Labute approximate surface area is 108 Å². The molecule has 0 fully saturated rings. The quantitative estimate of drug-likeness (QED) is 0.855. The van der Waals surface area contributed by atoms with Crippen LogP contribution in [0, 0.1) is 0 Å². The number of nitrogens with one attached hydrogen (secondary N) is 1. The van der Waals surface area contributed by atoms with Crippen molar-refractivity contribution >= 4 is 5.69 Å². The fourth-order valence-corrected chi connectivity index (χ4v) is 1.65. The second-order valence-corrected chi connectivity index (χ2v) is 3.96. The van der Waals surface area contributed by atoms with E-state index in [1.54, 1.807) is 7.11 Å². The molecule has 0 heterocycles. The van der Waals surface area contributed by atoms with Gasteiger partial charge in [0.25, 0.3) is 0 Å². The summed E-state index contributed by atoms with van der Waals surface area (Å²) in [5.74, 6) is 0.869. The minimum absolute atomic E-state index is 0.869. The second kappa shape index (κ2) is 6.50. The average molecular weight is 239 g/mol. The lowest BCUT2D eigenvalue weighted by atomic mass is 10.1. The first kappa shape index (κ1) is 12.2. The Morgan fingerprint density at radius 1 is 1.00 bits per heavy atom. The largest absolute Gasteiger partial charge is 0.497 e. The van der Waals surface area contributed by atoms with Crippen LogP contribution < -0.4 is 10.1 Å². The molecule has 2 rings (SSSR count). The van der Waals surface area contributed by atoms with Gasteiger partial charge in [0.15, 0.2) is 0 Å². The molecule has 2 aromatic carbocycles. The number of benzene rings is 2. The maximum absolute atomic E-state index is 5.11. The van der Waals surface area contributed by atoms with Crippen LogP contribution in [0.1, 0.15) is 5.56 Å². The Balaban J connectivity index is 1.83. The molecule has 0 aromatic heterocycles. The summed E-state index contributed by atoms with van der Waals surface area (Å²) in [4.78, 5) is 0. The van der Waals surface area contributed by atoms with Crippen LogP contribution in [0.2, 0.25) is 0 Å². The highest BCUT2D eigenvalue weighted by molar-refractivity contribution is 5.48. The number of methoxy groups -OCH3 is 1. The van der Waals surface area contributed by atoms with Crippen molar-refractivity contribution in [2.75, 3.05) is 12.4 Å². The van der Waals surface area contributed by atoms with Crippen LogP contribution in [-0.4, -0.2) is 7.11 Å². The molecule has 0 atom stereocenters. The normalized spacial score (nSPS) is 10.5. The van der Waals surface area contributed by atoms with Gasteiger partial charge in [-0.05, 0) is 42.4 Å². The highest BCUT2D eigenvalue weighted by Crippen LogP contribution is 2.14. The van der Waals surface area contributed by atoms with Gasteiger partial charge in [0, 0.05) is 5.69 Å². The van der Waals surface area contributed by atoms with Crippen molar-refractivity contribution < 1.29 is 4.74 Å². The molecule has 18 heavy (non-hydrogen) atoms. The molecule has 2 nitrogen and oxygen atoms in total. The third-order valence-electron chi connectivity index (χ3n) is 2.65. The number of ether oxygens (including phenoxy) is 1. The first-order valence-electron chi connectivity index (χ1n) is 5.98. The molecule has 0 amide bonds. The molecule has 0 saturated carbocycles. The molecule has 0 aliphatic rings. The van der Waals surface area contributed by atoms with Crippen LogP contribution in [0.4, 0.5) is 5.69 Å². The zero-order valence-corrected chi connectivity index (χ0v) is 10.5. The molecule has 0 aliphatic heterocycles. The lowest BCUT2D eigenvalue weighted by molar-refractivity contribution is 0.415. The molecule has 0 spiro atoms. The maximum Gasteiger partial charge on any atom is 0.119 e. The Kier molecular flexibility index (Phi) is 4.42. The lowest BCUT2D eigenvalue weighted by Crippen LogP contribution is -1.89. The zero-order chi connectivity index (χ0) is 12.6. The molecule has 0 radical (unpaired) electrons. The standard InChI is InChI=1S/C16H17NO/c1-18-16-11-9-15(10-12-16)17-13-5-8-14-6-3-2-4-7-14/h2-7,9-13,17H,8H2,1H3/b13-5+. The van der Waals surface area contributed by atoms with Gasteiger partial charge in [0.2, 0.25) is 0 Å². The second-order valence-electron chi connectivity index (χ2n) is 3.96. The maximum atomic E-state index is 5.11. The predicted molar refractivity (Wildman–Crippen MR) is 75.9 cm³/mol. The van der Waals surface area contributed by atoms with Crippen molar-refractivity contribution in [3.05, 3.63) is 72.4 Å². The van der Waals surface area contributed by atoms with Crippen molar-refractivity contribution in [1.82, 2.24) is 0 Å². The van der Waals surface area contributed by atoms with Crippen LogP contribution >= 0.6 is 0 Å². The Morgan fingerprint density at radius 3 is 2.39 bits per heavy atom. The van der Waals surface area contributed by atoms with Crippen LogP contribution in [0.15, 0.2) is 66.9 Å². The van der Waals surface area contributed by atoms with E-state index in [4.69, 9.17) is 4.74 Å². The summed E-state index contributed by atoms with van der Waals surface area (Å²) in [5.41, 5.74) is 2.37. The summed E-state index contributed by atoms with van der Waals surface area (Å²) >= 11 is 0. The van der Waals surface area contributed by atoms with E-state index in [9.17, 15) is 0 Å². The molecule has 0 saturated heterocycles. The summed E-state index contributed by atoms with van der Waals surface area (Å²) in [6.07, 6.45) is 5.01. The number of hydrogen-bond donors (Lipinski definition) is 1. The zero-order valence-electron chi connectivity index (χ0n) is 10.5. The summed E-state index contributed by atoms with van der Waals surface area (Å²) in [7, 11) is 1.67. The molecule has 92 valence electrons. The smallest absolute Gasteiger partial charge is 0.119 e. The molecular formula is C16H17NO. The topological polar surface area (TPSA) is 21.3 Å². The van der Waals surface area contributed by atoms with E-state index in [0.29, 0.717) is 0 Å². The monoisotopic (exact) mass is 239 g/mol. The number of anilines is 1. The fourth-order valence-electron chi connectivity index (χ4n) is 1.65. The molecule has 0 aliphatic carbocycles. The van der Waals surface area contributed by atoms with Crippen LogP contribution in [0.25, 0.3) is 0 Å². The molecule has 2 heteroatoms. The van der Waals surface area contributed by atoms with Gasteiger partial charge in [-0.25, -0.2) is 0 Å². The van der Waals surface area contributed by atoms with Crippen molar-refractivity contribution in [2.24, 2.45) is 0 Å². The number of rotatable bonds is 5. The Bertz CT molecular complexity index is 488. The SMILES string of the molecule is COc1ccc(N/C=C/Cc2ccccc2)cc1. The molecule has 1 N–H and O–H groups in total. The first-order chi connectivity index (χ1) is 8.88. The van der Waals surface area contributed by atoms with E-state index in [1.165, 1.54) is 5.56 Å². The highest BCUT2D eigenvalue weighted by Gasteiger charge is 1.91. The summed E-state index contributed by atoms with van der Waals surface area (Å²) in [6.45, 7) is 0. The van der Waals surface area contributed by atoms with Crippen molar-refractivity contribution in [3.8, 4) is 5.75 Å². The number of allylic oxidation sites excluding steroid dienone is 1. The molecule has 2 aromatic rings. The van der Waals surface area contributed by atoms with Crippen LogP contribution in [-0.2, 0) is 6.42 Å². The van der Waals surface area contributed by atoms with E-state index in [2.05, 4.69) is 35.7 Å². The predicted octanol–water partition coefficient (Wildman–Crippen LogP) is 3.86. The lowest BCUT2D eigenvalue weighted by Gasteiger charge is -2.02. The summed E-state index contributed by atoms with van der Waals surface area (Å²) in [6, 6.07) is 18.2. The van der Waals surface area contributed by atoms with E-state index < -0.39 is 0 Å². The minimum Gasteiger partial charge on any atom is -0.497 e. The van der Waals surface area contributed by atoms with Gasteiger partial charge >= 0.3 is 0 Å². The van der Waals surface area contributed by atoms with E-state index in [0.717, 1.165) is 17.9 Å². The van der Waals surface area contributed by atoms with Gasteiger partial charge in [0.1, 0.15) is 5.75 Å². The van der Waals surface area contributed by atoms with E-state index in [1.807, 2.05) is 36.5 Å². The van der Waals surface area contributed by atoms with Crippen molar-refractivity contribution in [1.29, 1.82) is 0 Å². The fraction of sp³-hybridized carbons (Fsp3) is 0.125. The average Bonchev–Trinajstić information content (AvgIpc) is 2.45. The van der Waals surface area contributed by atoms with Gasteiger partial charge in [-0.1, -0.05) is 36.4 Å². The molecule has 0 bridgehead atoms. The van der Waals surface area contributed by atoms with Gasteiger partial charge in [-0.15, -0.1) is 0 Å². The van der Waals surface area contributed by atoms with Gasteiger partial charge in [-0.3, -0.25) is 0 Å². The van der Waals surface area contributed by atoms with E-state index in [-0.39, 0.29) is 0 Å². The third kappa shape index (κ3) is 3.67. The van der Waals surface area contributed by atoms with Crippen LogP contribution in [0.5, 0.6) is 5.75 Å². The van der Waals surface area contributed by atoms with E-state index >= 15 is 0 Å². The van der Waals surface area contributed by atoms with Gasteiger partial charge in [-0.2, -0.15) is 0 Å². The summed E-state index contributed by atoms with van der Waals surface area (Å²) in [5, 5.41) is 3.23. The highest BCUT2D eigenvalue weighted by atomic mass is 16.5.